The van der Waals surface area contributed by atoms with Gasteiger partial charge in [-0.3, -0.25) is 0 Å². The Bertz CT molecular complexity index is 138. The van der Waals surface area contributed by atoms with Gasteiger partial charge in [0.05, 0.1) is 12.2 Å². The number of halogens is 1. The molecule has 2 saturated heterocycles. The van der Waals surface area contributed by atoms with Crippen molar-refractivity contribution in [1.82, 2.24) is 5.32 Å². The lowest BCUT2D eigenvalue weighted by Crippen LogP contribution is -2.59. The third-order valence-corrected chi connectivity index (χ3v) is 2.44. The van der Waals surface area contributed by atoms with Crippen LogP contribution >= 0.6 is 12.4 Å². The second-order valence-electron chi connectivity index (χ2n) is 3.35. The molecular formula is C7H14ClNO2. The van der Waals surface area contributed by atoms with E-state index in [2.05, 4.69) is 5.32 Å². The van der Waals surface area contributed by atoms with Crippen molar-refractivity contribution in [3.63, 3.8) is 0 Å². The maximum atomic E-state index is 8.82. The summed E-state index contributed by atoms with van der Waals surface area (Å²) in [5, 5.41) is 12.0. The number of hydrogen-bond acceptors (Lipinski definition) is 3. The highest BCUT2D eigenvalue weighted by Crippen LogP contribution is 2.32. The molecule has 0 aromatic heterocycles. The molecule has 0 saturated carbocycles. The molecule has 2 fully saturated rings. The van der Waals surface area contributed by atoms with Crippen LogP contribution in [0.4, 0.5) is 0 Å². The van der Waals surface area contributed by atoms with E-state index in [-0.39, 0.29) is 24.6 Å². The van der Waals surface area contributed by atoms with Gasteiger partial charge in [-0.2, -0.15) is 0 Å². The molecule has 2 N–H and O–H groups in total. The molecule has 2 aliphatic rings. The molecule has 66 valence electrons. The third kappa shape index (κ3) is 1.51. The number of aliphatic hydroxyl groups is 1. The monoisotopic (exact) mass is 179 g/mol. The Labute approximate surface area is 72.5 Å². The van der Waals surface area contributed by atoms with Crippen molar-refractivity contribution in [2.24, 2.45) is 5.92 Å². The van der Waals surface area contributed by atoms with Gasteiger partial charge in [0.15, 0.2) is 0 Å². The molecule has 2 rings (SSSR count). The van der Waals surface area contributed by atoms with Crippen LogP contribution in [0, 0.1) is 5.92 Å². The smallest absolute Gasteiger partial charge is 0.0934 e. The molecular weight excluding hydrogens is 166 g/mol. The van der Waals surface area contributed by atoms with Gasteiger partial charge in [-0.25, -0.2) is 0 Å². The fourth-order valence-electron chi connectivity index (χ4n) is 1.71. The Balaban J connectivity index is 0.000000605. The quantitative estimate of drug-likeness (QED) is 0.585. The van der Waals surface area contributed by atoms with E-state index in [9.17, 15) is 0 Å². The number of aliphatic hydroxyl groups excluding tert-OH is 1. The molecule has 0 aromatic carbocycles. The Morgan fingerprint density at radius 3 is 2.55 bits per heavy atom. The second-order valence-corrected chi connectivity index (χ2v) is 3.35. The topological polar surface area (TPSA) is 41.5 Å². The first kappa shape index (κ1) is 9.26. The van der Waals surface area contributed by atoms with Crippen molar-refractivity contribution < 1.29 is 9.84 Å². The number of ether oxygens (including phenoxy) is 1. The predicted molar refractivity (Wildman–Crippen MR) is 44.0 cm³/mol. The van der Waals surface area contributed by atoms with Crippen LogP contribution in [0.25, 0.3) is 0 Å². The first-order valence-corrected chi connectivity index (χ1v) is 3.80. The average molecular weight is 180 g/mol. The van der Waals surface area contributed by atoms with Crippen LogP contribution in [0.5, 0.6) is 0 Å². The van der Waals surface area contributed by atoms with Crippen LogP contribution in [-0.2, 0) is 4.74 Å². The van der Waals surface area contributed by atoms with Gasteiger partial charge in [-0.05, 0) is 6.42 Å². The molecule has 2 heterocycles. The number of hydrogen-bond donors (Lipinski definition) is 2. The number of rotatable bonds is 1. The van der Waals surface area contributed by atoms with E-state index in [0.29, 0.717) is 5.92 Å². The lowest BCUT2D eigenvalue weighted by molar-refractivity contribution is -0.0364. The fourth-order valence-corrected chi connectivity index (χ4v) is 1.71. The minimum absolute atomic E-state index is 0. The summed E-state index contributed by atoms with van der Waals surface area (Å²) in [4.78, 5) is 0. The van der Waals surface area contributed by atoms with Crippen LogP contribution in [0.15, 0.2) is 0 Å². The Kier molecular flexibility index (Phi) is 2.75. The zero-order valence-electron chi connectivity index (χ0n) is 6.38. The average Bonchev–Trinajstić information content (AvgIpc) is 2.29. The molecule has 0 aliphatic carbocycles. The van der Waals surface area contributed by atoms with Crippen molar-refractivity contribution in [2.75, 3.05) is 26.3 Å². The van der Waals surface area contributed by atoms with Crippen molar-refractivity contribution in [3.05, 3.63) is 0 Å². The molecule has 11 heavy (non-hydrogen) atoms. The maximum absolute atomic E-state index is 8.82. The summed E-state index contributed by atoms with van der Waals surface area (Å²) in [7, 11) is 0. The summed E-state index contributed by atoms with van der Waals surface area (Å²) in [5.74, 6) is 0.391. The fraction of sp³-hybridized carbons (Fsp3) is 1.00. The van der Waals surface area contributed by atoms with Gasteiger partial charge in [-0.15, -0.1) is 12.4 Å². The summed E-state index contributed by atoms with van der Waals surface area (Å²) in [6.45, 7) is 2.98. The van der Waals surface area contributed by atoms with Gasteiger partial charge < -0.3 is 15.2 Å². The van der Waals surface area contributed by atoms with Gasteiger partial charge in [0.1, 0.15) is 0 Å². The Morgan fingerprint density at radius 1 is 1.55 bits per heavy atom. The summed E-state index contributed by atoms with van der Waals surface area (Å²) >= 11 is 0. The first-order chi connectivity index (χ1) is 4.85. The Hall–Kier alpha value is 0.170. The van der Waals surface area contributed by atoms with Crippen molar-refractivity contribution in [2.45, 2.75) is 12.0 Å². The largest absolute Gasteiger partial charge is 0.396 e. The van der Waals surface area contributed by atoms with Crippen LogP contribution in [0.1, 0.15) is 6.42 Å². The molecule has 1 atom stereocenters. The van der Waals surface area contributed by atoms with E-state index in [1.54, 1.807) is 0 Å². The lowest BCUT2D eigenvalue weighted by Gasteiger charge is -2.38. The van der Waals surface area contributed by atoms with Gasteiger partial charge in [0, 0.05) is 25.6 Å². The summed E-state index contributed by atoms with van der Waals surface area (Å²) in [5.41, 5.74) is 0.118. The van der Waals surface area contributed by atoms with Gasteiger partial charge in [0.2, 0.25) is 0 Å². The molecule has 2 aliphatic heterocycles. The molecule has 0 bridgehead atoms. The van der Waals surface area contributed by atoms with E-state index in [1.807, 2.05) is 0 Å². The van der Waals surface area contributed by atoms with Crippen LogP contribution in [0.3, 0.4) is 0 Å². The third-order valence-electron chi connectivity index (χ3n) is 2.44. The van der Waals surface area contributed by atoms with E-state index in [0.717, 1.165) is 26.1 Å². The van der Waals surface area contributed by atoms with Crippen LogP contribution in [-0.4, -0.2) is 37.0 Å². The maximum Gasteiger partial charge on any atom is 0.0934 e. The summed E-state index contributed by atoms with van der Waals surface area (Å²) in [6.07, 6.45) is 1.04. The van der Waals surface area contributed by atoms with E-state index < -0.39 is 0 Å². The summed E-state index contributed by atoms with van der Waals surface area (Å²) < 4.78 is 5.56. The van der Waals surface area contributed by atoms with E-state index in [1.165, 1.54) is 0 Å². The normalized spacial score (nSPS) is 33.0. The van der Waals surface area contributed by atoms with Gasteiger partial charge >= 0.3 is 0 Å². The van der Waals surface area contributed by atoms with Crippen molar-refractivity contribution >= 4 is 12.4 Å². The first-order valence-electron chi connectivity index (χ1n) is 3.80. The summed E-state index contributed by atoms with van der Waals surface area (Å²) in [6, 6.07) is 0. The van der Waals surface area contributed by atoms with E-state index in [4.69, 9.17) is 9.84 Å². The molecule has 3 nitrogen and oxygen atoms in total. The molecule has 0 radical (unpaired) electrons. The van der Waals surface area contributed by atoms with Crippen LogP contribution < -0.4 is 5.32 Å². The second kappa shape index (κ2) is 3.27. The van der Waals surface area contributed by atoms with Crippen LogP contribution in [0.2, 0.25) is 0 Å². The molecule has 0 aromatic rings. The molecule has 1 unspecified atom stereocenters. The highest BCUT2D eigenvalue weighted by Gasteiger charge is 2.44. The molecule has 0 amide bonds. The molecule has 4 heteroatoms. The zero-order valence-corrected chi connectivity index (χ0v) is 7.19. The predicted octanol–water partition coefficient (Wildman–Crippen LogP) is -0.221. The SMILES string of the molecule is Cl.OCC1COC2(CNC2)C1. The minimum Gasteiger partial charge on any atom is -0.396 e. The highest BCUT2D eigenvalue weighted by molar-refractivity contribution is 5.85. The standard InChI is InChI=1S/C7H13NO2.ClH/c9-2-6-1-7(10-3-6)4-8-5-7;/h6,8-9H,1-5H2;1H. The van der Waals surface area contributed by atoms with E-state index >= 15 is 0 Å². The van der Waals surface area contributed by atoms with Gasteiger partial charge in [0.25, 0.3) is 0 Å². The van der Waals surface area contributed by atoms with Gasteiger partial charge in [-0.1, -0.05) is 0 Å². The Morgan fingerprint density at radius 2 is 2.27 bits per heavy atom. The van der Waals surface area contributed by atoms with Crippen molar-refractivity contribution in [1.29, 1.82) is 0 Å². The highest BCUT2D eigenvalue weighted by atomic mass is 35.5. The molecule has 1 spiro atoms. The lowest BCUT2D eigenvalue weighted by atomic mass is 9.89. The zero-order chi connectivity index (χ0) is 7.03. The minimum atomic E-state index is 0. The number of nitrogens with one attached hydrogen (secondary N) is 1. The van der Waals surface area contributed by atoms with Crippen molar-refractivity contribution in [3.8, 4) is 0 Å².